The van der Waals surface area contributed by atoms with Crippen LogP contribution in [0.25, 0.3) is 27.8 Å². The lowest BCUT2D eigenvalue weighted by atomic mass is 9.85. The molecular formula is C28H28ClN7O2. The number of carbonyl (C=O) groups is 1. The Labute approximate surface area is 223 Å². The van der Waals surface area contributed by atoms with Gasteiger partial charge in [0.1, 0.15) is 0 Å². The van der Waals surface area contributed by atoms with Gasteiger partial charge >= 0.3 is 5.69 Å². The van der Waals surface area contributed by atoms with E-state index in [1.807, 2.05) is 41.8 Å². The van der Waals surface area contributed by atoms with Crippen LogP contribution in [0.4, 0.5) is 0 Å². The molecule has 1 aromatic carbocycles. The van der Waals surface area contributed by atoms with Crippen molar-refractivity contribution >= 4 is 39.6 Å². The number of rotatable bonds is 5. The fraction of sp³-hybridized carbons (Fsp3) is 0.321. The Bertz CT molecular complexity index is 1730. The lowest BCUT2D eigenvalue weighted by Crippen LogP contribution is -2.39. The first-order valence-corrected chi connectivity index (χ1v) is 13.2. The Hall–Kier alpha value is -3.98. The lowest BCUT2D eigenvalue weighted by molar-refractivity contribution is 0.0919. The molecule has 5 aromatic rings. The third kappa shape index (κ3) is 4.36. The maximum Gasteiger partial charge on any atom is 0.334 e. The first-order chi connectivity index (χ1) is 18.4. The second-order valence-corrected chi connectivity index (χ2v) is 10.5. The fourth-order valence-corrected chi connectivity index (χ4v) is 5.67. The summed E-state index contributed by atoms with van der Waals surface area (Å²) in [5.74, 6) is 0.185. The van der Waals surface area contributed by atoms with Gasteiger partial charge in [-0.05, 0) is 81.8 Å². The Morgan fingerprint density at radius 2 is 1.95 bits per heavy atom. The average Bonchev–Trinajstić information content (AvgIpc) is 3.43. The molecule has 0 saturated heterocycles. The highest BCUT2D eigenvalue weighted by molar-refractivity contribution is 6.30. The third-order valence-electron chi connectivity index (χ3n) is 7.60. The molecule has 38 heavy (non-hydrogen) atoms. The number of carbonyl (C=O) groups excluding carboxylic acids is 1. The van der Waals surface area contributed by atoms with Crippen LogP contribution >= 0.6 is 11.6 Å². The van der Waals surface area contributed by atoms with Gasteiger partial charge in [0.25, 0.3) is 5.91 Å². The number of hydrogen-bond acceptors (Lipinski definition) is 5. The zero-order chi connectivity index (χ0) is 26.4. The zero-order valence-electron chi connectivity index (χ0n) is 21.2. The molecule has 4 aromatic heterocycles. The van der Waals surface area contributed by atoms with E-state index in [1.54, 1.807) is 30.0 Å². The quantitative estimate of drug-likeness (QED) is 0.342. The highest BCUT2D eigenvalue weighted by atomic mass is 35.5. The van der Waals surface area contributed by atoms with Gasteiger partial charge in [0, 0.05) is 36.1 Å². The van der Waals surface area contributed by atoms with Crippen molar-refractivity contribution in [1.29, 1.82) is 0 Å². The predicted molar refractivity (Wildman–Crippen MR) is 147 cm³/mol. The summed E-state index contributed by atoms with van der Waals surface area (Å²) in [6, 6.07) is 11.4. The van der Waals surface area contributed by atoms with E-state index in [-0.39, 0.29) is 17.6 Å². The predicted octanol–water partition coefficient (Wildman–Crippen LogP) is 4.72. The normalized spacial score (nSPS) is 17.8. The van der Waals surface area contributed by atoms with Crippen molar-refractivity contribution in [2.24, 2.45) is 5.92 Å². The van der Waals surface area contributed by atoms with Crippen LogP contribution in [-0.2, 0) is 6.54 Å². The number of benzene rings is 1. The van der Waals surface area contributed by atoms with Crippen molar-refractivity contribution < 1.29 is 4.79 Å². The van der Waals surface area contributed by atoms with Crippen LogP contribution in [0.1, 0.15) is 47.4 Å². The molecule has 10 heteroatoms. The maximum absolute atomic E-state index is 13.7. The van der Waals surface area contributed by atoms with Crippen LogP contribution < -0.4 is 11.0 Å². The number of H-pyrrole nitrogens is 1. The van der Waals surface area contributed by atoms with Crippen LogP contribution in [0.2, 0.25) is 5.02 Å². The van der Waals surface area contributed by atoms with E-state index in [1.165, 1.54) is 0 Å². The largest absolute Gasteiger partial charge is 0.349 e. The molecule has 2 N–H and O–H groups in total. The second kappa shape index (κ2) is 9.72. The highest BCUT2D eigenvalue weighted by Crippen LogP contribution is 2.28. The summed E-state index contributed by atoms with van der Waals surface area (Å²) in [4.78, 5) is 35.3. The molecule has 6 rings (SSSR count). The number of amides is 1. The lowest BCUT2D eigenvalue weighted by Gasteiger charge is -2.29. The molecule has 0 spiro atoms. The van der Waals surface area contributed by atoms with Crippen LogP contribution in [0.5, 0.6) is 0 Å². The van der Waals surface area contributed by atoms with Crippen molar-refractivity contribution in [3.05, 3.63) is 81.3 Å². The molecule has 1 aliphatic carbocycles. The topological polar surface area (TPSA) is 110 Å². The van der Waals surface area contributed by atoms with Gasteiger partial charge in [0.15, 0.2) is 5.65 Å². The number of halogens is 1. The molecule has 1 saturated carbocycles. The smallest absolute Gasteiger partial charge is 0.334 e. The highest BCUT2D eigenvalue weighted by Gasteiger charge is 2.26. The number of fused-ring (bicyclic) bond motifs is 2. The summed E-state index contributed by atoms with van der Waals surface area (Å²) in [6.07, 6.45) is 6.80. The number of nitrogens with zero attached hydrogens (tertiary/aromatic N) is 5. The number of aromatic amines is 1. The van der Waals surface area contributed by atoms with E-state index in [9.17, 15) is 9.59 Å². The summed E-state index contributed by atoms with van der Waals surface area (Å²) in [5.41, 5.74) is 5.12. The molecule has 1 fully saturated rings. The van der Waals surface area contributed by atoms with Crippen LogP contribution in [-0.4, -0.2) is 41.2 Å². The summed E-state index contributed by atoms with van der Waals surface area (Å²) < 4.78 is 3.54. The number of hydrogen-bond donors (Lipinski definition) is 2. The Morgan fingerprint density at radius 3 is 2.76 bits per heavy atom. The van der Waals surface area contributed by atoms with Crippen molar-refractivity contribution in [2.75, 3.05) is 0 Å². The van der Waals surface area contributed by atoms with E-state index in [2.05, 4.69) is 25.5 Å². The molecule has 9 nitrogen and oxygen atoms in total. The van der Waals surface area contributed by atoms with Gasteiger partial charge in [-0.15, -0.1) is 0 Å². The van der Waals surface area contributed by atoms with Gasteiger partial charge in [-0.1, -0.05) is 11.6 Å². The Kier molecular flexibility index (Phi) is 6.23. The average molecular weight is 530 g/mol. The maximum atomic E-state index is 13.7. The van der Waals surface area contributed by atoms with Gasteiger partial charge in [-0.3, -0.25) is 19.4 Å². The molecular weight excluding hydrogens is 502 g/mol. The number of pyridine rings is 2. The fourth-order valence-electron chi connectivity index (χ4n) is 5.51. The van der Waals surface area contributed by atoms with E-state index in [4.69, 9.17) is 11.6 Å². The van der Waals surface area contributed by atoms with E-state index >= 15 is 0 Å². The van der Waals surface area contributed by atoms with Crippen molar-refractivity contribution in [3.8, 4) is 5.69 Å². The monoisotopic (exact) mass is 529 g/mol. The SMILES string of the molecule is Cc1ncc(Cl)cc1C(=O)NC1CCC(Cn2c(=O)n(-c3ccc4n[nH]c(C)c4c3)c3ncccc32)CC1. The summed E-state index contributed by atoms with van der Waals surface area (Å²) in [7, 11) is 0. The minimum atomic E-state index is -0.142. The molecule has 0 radical (unpaired) electrons. The summed E-state index contributed by atoms with van der Waals surface area (Å²) in [6.45, 7) is 4.38. The van der Waals surface area contributed by atoms with E-state index in [0.717, 1.165) is 53.5 Å². The summed E-state index contributed by atoms with van der Waals surface area (Å²) >= 11 is 6.04. The Balaban J connectivity index is 1.21. The number of aromatic nitrogens is 6. The minimum absolute atomic E-state index is 0.0850. The van der Waals surface area contributed by atoms with E-state index < -0.39 is 0 Å². The molecule has 0 bridgehead atoms. The molecule has 0 aliphatic heterocycles. The number of imidazole rings is 1. The minimum Gasteiger partial charge on any atom is -0.349 e. The Morgan fingerprint density at radius 1 is 1.13 bits per heavy atom. The molecule has 1 amide bonds. The third-order valence-corrected chi connectivity index (χ3v) is 7.80. The van der Waals surface area contributed by atoms with Crippen molar-refractivity contribution in [3.63, 3.8) is 0 Å². The van der Waals surface area contributed by atoms with Crippen molar-refractivity contribution in [1.82, 2.24) is 34.6 Å². The van der Waals surface area contributed by atoms with Gasteiger partial charge in [0.05, 0.1) is 33.0 Å². The van der Waals surface area contributed by atoms with Crippen molar-refractivity contribution in [2.45, 2.75) is 52.1 Å². The van der Waals surface area contributed by atoms with Gasteiger partial charge < -0.3 is 5.32 Å². The standard InChI is InChI=1S/C28H28ClN7O2/c1-16-23(12-19(29)14-31-16)27(37)32-20-7-5-18(6-8-20)15-35-25-4-3-11-30-26(25)36(28(35)38)21-9-10-24-22(13-21)17(2)33-34-24/h3-4,9-14,18,20H,5-8,15H2,1-2H3,(H,32,37)(H,33,34). The van der Waals surface area contributed by atoms with Crippen LogP contribution in [0.15, 0.2) is 53.6 Å². The molecule has 194 valence electrons. The second-order valence-electron chi connectivity index (χ2n) is 10.1. The first-order valence-electron chi connectivity index (χ1n) is 12.8. The summed E-state index contributed by atoms with van der Waals surface area (Å²) in [5, 5.41) is 11.9. The number of nitrogens with one attached hydrogen (secondary N) is 2. The molecule has 1 aliphatic rings. The first kappa shape index (κ1) is 24.4. The zero-order valence-corrected chi connectivity index (χ0v) is 22.0. The van der Waals surface area contributed by atoms with Gasteiger partial charge in [-0.2, -0.15) is 5.10 Å². The number of aryl methyl sites for hydroxylation is 2. The molecule has 4 heterocycles. The van der Waals surface area contributed by atoms with Crippen LogP contribution in [0.3, 0.4) is 0 Å². The van der Waals surface area contributed by atoms with Gasteiger partial charge in [-0.25, -0.2) is 14.3 Å². The van der Waals surface area contributed by atoms with Crippen LogP contribution in [0, 0.1) is 19.8 Å². The van der Waals surface area contributed by atoms with E-state index in [0.29, 0.717) is 34.4 Å². The molecule has 0 atom stereocenters. The van der Waals surface area contributed by atoms with Gasteiger partial charge in [0.2, 0.25) is 0 Å². The molecule has 0 unspecified atom stereocenters.